The molecule has 1 heterocycles. The highest BCUT2D eigenvalue weighted by molar-refractivity contribution is 5.09. The van der Waals surface area contributed by atoms with Gasteiger partial charge in [0.2, 0.25) is 0 Å². The first-order valence-electron chi connectivity index (χ1n) is 5.48. The van der Waals surface area contributed by atoms with Gasteiger partial charge in [0.15, 0.2) is 0 Å². The van der Waals surface area contributed by atoms with Gasteiger partial charge in [-0.1, -0.05) is 0 Å². The topological polar surface area (TPSA) is 56.3 Å². The molecule has 16 heavy (non-hydrogen) atoms. The molecule has 0 fully saturated rings. The lowest BCUT2D eigenvalue weighted by Crippen LogP contribution is -2.37. The van der Waals surface area contributed by atoms with E-state index in [1.54, 1.807) is 11.8 Å². The Kier molecular flexibility index (Phi) is 4.92. The highest BCUT2D eigenvalue weighted by Gasteiger charge is 2.14. The van der Waals surface area contributed by atoms with E-state index in [9.17, 15) is 0 Å². The van der Waals surface area contributed by atoms with Gasteiger partial charge in [-0.25, -0.2) is 0 Å². The molecule has 0 aromatic carbocycles. The van der Waals surface area contributed by atoms with Crippen molar-refractivity contribution in [2.45, 2.75) is 19.0 Å². The van der Waals surface area contributed by atoms with Gasteiger partial charge in [0.25, 0.3) is 0 Å². The van der Waals surface area contributed by atoms with Crippen LogP contribution in [0, 0.1) is 0 Å². The van der Waals surface area contributed by atoms with Crippen LogP contribution >= 0.6 is 0 Å². The third-order valence-corrected chi connectivity index (χ3v) is 2.80. The van der Waals surface area contributed by atoms with Gasteiger partial charge in [0, 0.05) is 44.5 Å². The fraction of sp³-hybridized carbons (Fsp3) is 0.727. The van der Waals surface area contributed by atoms with Crippen molar-refractivity contribution < 1.29 is 4.74 Å². The van der Waals surface area contributed by atoms with E-state index in [0.29, 0.717) is 6.04 Å². The molecular weight excluding hydrogens is 204 g/mol. The first-order valence-corrected chi connectivity index (χ1v) is 5.48. The second-order valence-electron chi connectivity index (χ2n) is 4.30. The number of hydrogen-bond donors (Lipinski definition) is 1. The summed E-state index contributed by atoms with van der Waals surface area (Å²) in [7, 11) is 5.67. The maximum Gasteiger partial charge on any atom is 0.0615 e. The molecule has 2 atom stereocenters. The van der Waals surface area contributed by atoms with Crippen LogP contribution in [0.3, 0.4) is 0 Å². The lowest BCUT2D eigenvalue weighted by Gasteiger charge is -2.26. The third-order valence-electron chi connectivity index (χ3n) is 2.80. The zero-order chi connectivity index (χ0) is 12.1. The normalized spacial score (nSPS) is 15.4. The fourth-order valence-corrected chi connectivity index (χ4v) is 1.60. The SMILES string of the molecule is COCC(C)N(C)CC(N)c1cnn(C)c1. The van der Waals surface area contributed by atoms with E-state index in [0.717, 1.165) is 18.7 Å². The molecule has 0 saturated heterocycles. The van der Waals surface area contributed by atoms with Crippen LogP contribution in [-0.4, -0.2) is 48.0 Å². The van der Waals surface area contributed by atoms with Crippen molar-refractivity contribution in [1.29, 1.82) is 0 Å². The van der Waals surface area contributed by atoms with Gasteiger partial charge in [-0.15, -0.1) is 0 Å². The number of nitrogens with two attached hydrogens (primary N) is 1. The number of aryl methyl sites for hydroxylation is 1. The molecule has 1 aromatic heterocycles. The maximum absolute atomic E-state index is 6.11. The van der Waals surface area contributed by atoms with Crippen molar-refractivity contribution in [1.82, 2.24) is 14.7 Å². The number of hydrogen-bond acceptors (Lipinski definition) is 4. The van der Waals surface area contributed by atoms with Gasteiger partial charge < -0.3 is 10.5 Å². The summed E-state index contributed by atoms with van der Waals surface area (Å²) in [5.41, 5.74) is 7.18. The Balaban J connectivity index is 2.47. The zero-order valence-electron chi connectivity index (χ0n) is 10.6. The predicted molar refractivity (Wildman–Crippen MR) is 64.1 cm³/mol. The quantitative estimate of drug-likeness (QED) is 0.762. The fourth-order valence-electron chi connectivity index (χ4n) is 1.60. The second kappa shape index (κ2) is 5.98. The molecule has 0 aliphatic rings. The summed E-state index contributed by atoms with van der Waals surface area (Å²) in [6.45, 7) is 3.64. The summed E-state index contributed by atoms with van der Waals surface area (Å²) >= 11 is 0. The van der Waals surface area contributed by atoms with Crippen LogP contribution in [0.4, 0.5) is 0 Å². The van der Waals surface area contributed by atoms with Crippen LogP contribution in [0.2, 0.25) is 0 Å². The van der Waals surface area contributed by atoms with Gasteiger partial charge in [0.1, 0.15) is 0 Å². The summed E-state index contributed by atoms with van der Waals surface area (Å²) in [6, 6.07) is 0.366. The summed E-state index contributed by atoms with van der Waals surface area (Å²) in [5, 5.41) is 4.12. The van der Waals surface area contributed by atoms with E-state index in [2.05, 4.69) is 24.0 Å². The Labute approximate surface area is 97.2 Å². The van der Waals surface area contributed by atoms with Crippen molar-refractivity contribution in [2.75, 3.05) is 27.3 Å². The van der Waals surface area contributed by atoms with Crippen molar-refractivity contribution in [3.05, 3.63) is 18.0 Å². The van der Waals surface area contributed by atoms with Crippen molar-refractivity contribution in [3.63, 3.8) is 0 Å². The molecule has 5 nitrogen and oxygen atoms in total. The van der Waals surface area contributed by atoms with E-state index in [1.807, 2.05) is 19.4 Å². The van der Waals surface area contributed by atoms with Crippen LogP contribution < -0.4 is 5.73 Å². The molecule has 0 amide bonds. The number of aromatic nitrogens is 2. The molecular formula is C11H22N4O. The van der Waals surface area contributed by atoms with Gasteiger partial charge in [-0.3, -0.25) is 9.58 Å². The molecule has 0 spiro atoms. The van der Waals surface area contributed by atoms with Gasteiger partial charge in [0.05, 0.1) is 12.8 Å². The molecule has 5 heteroatoms. The third kappa shape index (κ3) is 3.59. The number of likely N-dealkylation sites (N-methyl/N-ethyl adjacent to an activating group) is 1. The van der Waals surface area contributed by atoms with E-state index in [-0.39, 0.29) is 6.04 Å². The van der Waals surface area contributed by atoms with E-state index in [4.69, 9.17) is 10.5 Å². The molecule has 0 bridgehead atoms. The monoisotopic (exact) mass is 226 g/mol. The minimum absolute atomic E-state index is 0.00185. The lowest BCUT2D eigenvalue weighted by molar-refractivity contribution is 0.112. The van der Waals surface area contributed by atoms with E-state index >= 15 is 0 Å². The number of ether oxygens (including phenoxy) is 1. The minimum Gasteiger partial charge on any atom is -0.383 e. The van der Waals surface area contributed by atoms with Crippen molar-refractivity contribution in [2.24, 2.45) is 12.8 Å². The molecule has 2 unspecified atom stereocenters. The van der Waals surface area contributed by atoms with Crippen molar-refractivity contribution in [3.8, 4) is 0 Å². The van der Waals surface area contributed by atoms with Crippen LogP contribution in [0.1, 0.15) is 18.5 Å². The summed E-state index contributed by atoms with van der Waals surface area (Å²) in [4.78, 5) is 2.20. The highest BCUT2D eigenvalue weighted by Crippen LogP contribution is 2.11. The summed E-state index contributed by atoms with van der Waals surface area (Å²) in [5.74, 6) is 0. The number of methoxy groups -OCH3 is 1. The summed E-state index contributed by atoms with van der Waals surface area (Å²) in [6.07, 6.45) is 3.78. The van der Waals surface area contributed by atoms with Crippen LogP contribution in [0.5, 0.6) is 0 Å². The second-order valence-corrected chi connectivity index (χ2v) is 4.30. The minimum atomic E-state index is -0.00185. The van der Waals surface area contributed by atoms with Crippen LogP contribution in [0.25, 0.3) is 0 Å². The highest BCUT2D eigenvalue weighted by atomic mass is 16.5. The maximum atomic E-state index is 6.11. The van der Waals surface area contributed by atoms with E-state index in [1.165, 1.54) is 0 Å². The first kappa shape index (κ1) is 13.2. The van der Waals surface area contributed by atoms with Crippen molar-refractivity contribution >= 4 is 0 Å². The smallest absolute Gasteiger partial charge is 0.0615 e. The molecule has 92 valence electrons. The predicted octanol–water partition coefficient (Wildman–Crippen LogP) is 0.387. The largest absolute Gasteiger partial charge is 0.383 e. The zero-order valence-corrected chi connectivity index (χ0v) is 10.6. The molecule has 0 saturated carbocycles. The summed E-state index contributed by atoms with van der Waals surface area (Å²) < 4.78 is 6.89. The Morgan fingerprint density at radius 3 is 2.81 bits per heavy atom. The average molecular weight is 226 g/mol. The molecule has 1 aromatic rings. The standard InChI is InChI=1S/C11H22N4O/c1-9(8-16-4)14(2)7-11(12)10-5-13-15(3)6-10/h5-6,9,11H,7-8,12H2,1-4H3. The Hall–Kier alpha value is -0.910. The Morgan fingerprint density at radius 2 is 2.31 bits per heavy atom. The van der Waals surface area contributed by atoms with Crippen LogP contribution in [0.15, 0.2) is 12.4 Å². The average Bonchev–Trinajstić information content (AvgIpc) is 2.65. The molecule has 2 N–H and O–H groups in total. The number of nitrogens with zero attached hydrogens (tertiary/aromatic N) is 3. The Morgan fingerprint density at radius 1 is 1.62 bits per heavy atom. The lowest BCUT2D eigenvalue weighted by atomic mass is 10.1. The van der Waals surface area contributed by atoms with Gasteiger partial charge in [-0.2, -0.15) is 5.10 Å². The Bertz CT molecular complexity index is 313. The van der Waals surface area contributed by atoms with Gasteiger partial charge in [-0.05, 0) is 14.0 Å². The molecule has 1 rings (SSSR count). The molecule has 0 aliphatic carbocycles. The van der Waals surface area contributed by atoms with Gasteiger partial charge >= 0.3 is 0 Å². The van der Waals surface area contributed by atoms with Crippen LogP contribution in [-0.2, 0) is 11.8 Å². The molecule has 0 radical (unpaired) electrons. The number of rotatable bonds is 6. The molecule has 0 aliphatic heterocycles. The first-order chi connectivity index (χ1) is 7.54. The van der Waals surface area contributed by atoms with E-state index < -0.39 is 0 Å².